The lowest BCUT2D eigenvalue weighted by molar-refractivity contribution is -0.133. The SMILES string of the molecule is C=CCN(CCC[C@H](NC(=O)c1ccc(-n2ccnn2)cc1)C(=O)N1CCC2(CCN(C)CC2)C1)[C@@H]1C[C@H]1c1ccc(F)cc1. The molecule has 2 aromatic carbocycles. The fourth-order valence-corrected chi connectivity index (χ4v) is 7.17. The van der Waals surface area contributed by atoms with Crippen LogP contribution < -0.4 is 5.32 Å². The standard InChI is InChI=1S/C35H44FN7O2/c1-3-18-41(32-24-30(32)26-6-10-28(36)11-7-26)19-4-5-31(34(45)42-22-16-35(25-42)14-20-40(2)21-15-35)38-33(44)27-8-12-29(13-9-27)43-23-17-37-39-43/h3,6-13,17,23,30-32H,1,4-5,14-16,18-22,24-25H2,2H3,(H,38,44)/t30-,31-,32+/m0/s1. The molecule has 3 fully saturated rings. The number of hydrogen-bond acceptors (Lipinski definition) is 6. The molecule has 3 aromatic rings. The first-order valence-electron chi connectivity index (χ1n) is 16.2. The van der Waals surface area contributed by atoms with Crippen LogP contribution in [0.25, 0.3) is 5.69 Å². The highest BCUT2D eigenvalue weighted by molar-refractivity contribution is 5.97. The van der Waals surface area contributed by atoms with Gasteiger partial charge in [0.2, 0.25) is 5.91 Å². The van der Waals surface area contributed by atoms with Crippen molar-refractivity contribution in [2.75, 3.05) is 46.3 Å². The molecular formula is C35H44FN7O2. The summed E-state index contributed by atoms with van der Waals surface area (Å²) < 4.78 is 15.1. The first kappa shape index (κ1) is 31.1. The summed E-state index contributed by atoms with van der Waals surface area (Å²) in [6, 6.07) is 13.7. The quantitative estimate of drug-likeness (QED) is 0.307. The Kier molecular flexibility index (Phi) is 9.42. The Hall–Kier alpha value is -3.89. The van der Waals surface area contributed by atoms with Crippen LogP contribution in [0.15, 0.2) is 73.6 Å². The van der Waals surface area contributed by atoms with E-state index in [2.05, 4.69) is 39.1 Å². The molecule has 3 aliphatic rings. The minimum absolute atomic E-state index is 0.0178. The Morgan fingerprint density at radius 1 is 1.11 bits per heavy atom. The number of carbonyl (C=O) groups excluding carboxylic acids is 2. The van der Waals surface area contributed by atoms with Crippen molar-refractivity contribution in [3.05, 3.63) is 90.5 Å². The van der Waals surface area contributed by atoms with Crippen molar-refractivity contribution in [2.24, 2.45) is 5.41 Å². The number of hydrogen-bond donors (Lipinski definition) is 1. The first-order chi connectivity index (χ1) is 21.8. The molecule has 2 aliphatic heterocycles. The largest absolute Gasteiger partial charge is 0.340 e. The summed E-state index contributed by atoms with van der Waals surface area (Å²) in [5, 5.41) is 11.0. The van der Waals surface area contributed by atoms with Crippen molar-refractivity contribution >= 4 is 11.8 Å². The zero-order chi connectivity index (χ0) is 31.4. The molecule has 10 heteroatoms. The van der Waals surface area contributed by atoms with Gasteiger partial charge in [-0.15, -0.1) is 11.7 Å². The topological polar surface area (TPSA) is 86.6 Å². The Morgan fingerprint density at radius 3 is 2.53 bits per heavy atom. The van der Waals surface area contributed by atoms with E-state index in [4.69, 9.17) is 0 Å². The van der Waals surface area contributed by atoms with Gasteiger partial charge in [0.15, 0.2) is 0 Å². The molecule has 1 spiro atoms. The molecule has 2 saturated heterocycles. The van der Waals surface area contributed by atoms with Crippen LogP contribution in [0, 0.1) is 11.2 Å². The number of nitrogens with one attached hydrogen (secondary N) is 1. The third-order valence-electron chi connectivity index (χ3n) is 10.0. The molecule has 238 valence electrons. The van der Waals surface area contributed by atoms with E-state index in [1.807, 2.05) is 35.2 Å². The number of nitrogens with zero attached hydrogens (tertiary/aromatic N) is 6. The lowest BCUT2D eigenvalue weighted by Crippen LogP contribution is -2.49. The van der Waals surface area contributed by atoms with E-state index < -0.39 is 6.04 Å². The van der Waals surface area contributed by atoms with Crippen molar-refractivity contribution < 1.29 is 14.0 Å². The van der Waals surface area contributed by atoms with Gasteiger partial charge in [-0.05, 0) is 113 Å². The maximum Gasteiger partial charge on any atom is 0.251 e. The molecule has 0 unspecified atom stereocenters. The fraction of sp³-hybridized carbons (Fsp3) is 0.486. The van der Waals surface area contributed by atoms with Crippen molar-refractivity contribution in [1.29, 1.82) is 0 Å². The Balaban J connectivity index is 1.12. The van der Waals surface area contributed by atoms with Crippen molar-refractivity contribution in [3.63, 3.8) is 0 Å². The van der Waals surface area contributed by atoms with Crippen molar-refractivity contribution in [3.8, 4) is 5.69 Å². The van der Waals surface area contributed by atoms with Gasteiger partial charge in [0, 0.05) is 37.2 Å². The molecule has 1 aromatic heterocycles. The van der Waals surface area contributed by atoms with Crippen LogP contribution in [0.3, 0.4) is 0 Å². The summed E-state index contributed by atoms with van der Waals surface area (Å²) in [7, 11) is 2.16. The number of halogens is 1. The lowest BCUT2D eigenvalue weighted by atomic mass is 9.78. The smallest absolute Gasteiger partial charge is 0.251 e. The summed E-state index contributed by atoms with van der Waals surface area (Å²) in [5.74, 6) is -0.0847. The second-order valence-electron chi connectivity index (χ2n) is 13.1. The van der Waals surface area contributed by atoms with E-state index in [0.717, 1.165) is 82.6 Å². The van der Waals surface area contributed by atoms with E-state index in [1.54, 1.807) is 29.2 Å². The second kappa shape index (κ2) is 13.6. The number of benzene rings is 2. The van der Waals surface area contributed by atoms with Crippen LogP contribution in [0.1, 0.15) is 60.4 Å². The van der Waals surface area contributed by atoms with Crippen LogP contribution >= 0.6 is 0 Å². The first-order valence-corrected chi connectivity index (χ1v) is 16.2. The normalized spacial score (nSPS) is 21.6. The number of carbonyl (C=O) groups is 2. The Morgan fingerprint density at radius 2 is 1.84 bits per heavy atom. The molecule has 1 aliphatic carbocycles. The number of piperidine rings is 1. The summed E-state index contributed by atoms with van der Waals surface area (Å²) in [6.07, 6.45) is 10.8. The van der Waals surface area contributed by atoms with E-state index in [-0.39, 0.29) is 23.0 Å². The molecule has 3 atom stereocenters. The predicted octanol–water partition coefficient (Wildman–Crippen LogP) is 4.27. The van der Waals surface area contributed by atoms with Gasteiger partial charge >= 0.3 is 0 Å². The maximum absolute atomic E-state index is 14.0. The van der Waals surface area contributed by atoms with Crippen LogP contribution in [-0.2, 0) is 4.79 Å². The molecule has 45 heavy (non-hydrogen) atoms. The second-order valence-corrected chi connectivity index (χ2v) is 13.1. The van der Waals surface area contributed by atoms with Gasteiger partial charge in [-0.1, -0.05) is 23.4 Å². The van der Waals surface area contributed by atoms with Crippen LogP contribution in [0.5, 0.6) is 0 Å². The highest BCUT2D eigenvalue weighted by Gasteiger charge is 2.44. The fourth-order valence-electron chi connectivity index (χ4n) is 7.17. The van der Waals surface area contributed by atoms with Gasteiger partial charge in [0.25, 0.3) is 5.91 Å². The minimum Gasteiger partial charge on any atom is -0.340 e. The van der Waals surface area contributed by atoms with Gasteiger partial charge < -0.3 is 15.1 Å². The molecule has 2 amide bonds. The zero-order valence-electron chi connectivity index (χ0n) is 26.2. The van der Waals surface area contributed by atoms with Crippen LogP contribution in [-0.4, -0.2) is 99.9 Å². The number of amides is 2. The Labute approximate surface area is 265 Å². The molecule has 0 radical (unpaired) electrons. The summed E-state index contributed by atoms with van der Waals surface area (Å²) in [4.78, 5) is 34.3. The van der Waals surface area contributed by atoms with Crippen LogP contribution in [0.4, 0.5) is 4.39 Å². The zero-order valence-corrected chi connectivity index (χ0v) is 26.2. The molecular weight excluding hydrogens is 569 g/mol. The third-order valence-corrected chi connectivity index (χ3v) is 10.0. The molecule has 0 bridgehead atoms. The van der Waals surface area contributed by atoms with Crippen LogP contribution in [0.2, 0.25) is 0 Å². The summed E-state index contributed by atoms with van der Waals surface area (Å²) in [6.45, 7) is 9.13. The lowest BCUT2D eigenvalue weighted by Gasteiger charge is -2.37. The van der Waals surface area contributed by atoms with E-state index in [1.165, 1.54) is 12.1 Å². The minimum atomic E-state index is -0.605. The van der Waals surface area contributed by atoms with Crippen molar-refractivity contribution in [1.82, 2.24) is 35.0 Å². The van der Waals surface area contributed by atoms with Gasteiger partial charge in [0.1, 0.15) is 11.9 Å². The van der Waals surface area contributed by atoms with Gasteiger partial charge in [-0.3, -0.25) is 14.5 Å². The molecule has 6 rings (SSSR count). The Bertz CT molecular complexity index is 1450. The average molecular weight is 614 g/mol. The average Bonchev–Trinajstić information content (AvgIpc) is 3.44. The van der Waals surface area contributed by atoms with Gasteiger partial charge in [-0.25, -0.2) is 9.07 Å². The van der Waals surface area contributed by atoms with Gasteiger partial charge in [0.05, 0.1) is 18.1 Å². The molecule has 3 heterocycles. The highest BCUT2D eigenvalue weighted by Crippen LogP contribution is 2.45. The number of aromatic nitrogens is 3. The monoisotopic (exact) mass is 613 g/mol. The third kappa shape index (κ3) is 7.34. The summed E-state index contributed by atoms with van der Waals surface area (Å²) in [5.41, 5.74) is 2.65. The molecule has 1 saturated carbocycles. The van der Waals surface area contributed by atoms with E-state index in [9.17, 15) is 14.0 Å². The van der Waals surface area contributed by atoms with E-state index in [0.29, 0.717) is 23.9 Å². The summed E-state index contributed by atoms with van der Waals surface area (Å²) >= 11 is 0. The van der Waals surface area contributed by atoms with Gasteiger partial charge in [-0.2, -0.15) is 0 Å². The predicted molar refractivity (Wildman–Crippen MR) is 172 cm³/mol. The van der Waals surface area contributed by atoms with E-state index >= 15 is 0 Å². The van der Waals surface area contributed by atoms with Crippen molar-refractivity contribution in [2.45, 2.75) is 56.5 Å². The number of rotatable bonds is 12. The highest BCUT2D eigenvalue weighted by atomic mass is 19.1. The number of likely N-dealkylation sites (tertiary alicyclic amines) is 2. The molecule has 9 nitrogen and oxygen atoms in total. The molecule has 1 N–H and O–H groups in total. The maximum atomic E-state index is 14.0.